The van der Waals surface area contributed by atoms with Crippen LogP contribution in [-0.4, -0.2) is 37.6 Å². The van der Waals surface area contributed by atoms with Crippen molar-refractivity contribution in [1.29, 1.82) is 0 Å². The van der Waals surface area contributed by atoms with E-state index in [9.17, 15) is 8.42 Å². The van der Waals surface area contributed by atoms with Gasteiger partial charge in [0.05, 0.1) is 4.90 Å². The summed E-state index contributed by atoms with van der Waals surface area (Å²) >= 11 is 1.63. The lowest BCUT2D eigenvalue weighted by Crippen LogP contribution is -2.25. The Hall–Kier alpha value is -0.500. The van der Waals surface area contributed by atoms with E-state index in [-0.39, 0.29) is 0 Å². The van der Waals surface area contributed by atoms with Crippen LogP contribution in [0.2, 0.25) is 0 Å². The second kappa shape index (κ2) is 7.17. The second-order valence-electron chi connectivity index (χ2n) is 5.73. The van der Waals surface area contributed by atoms with E-state index in [1.165, 1.54) is 0 Å². The van der Waals surface area contributed by atoms with Crippen molar-refractivity contribution >= 4 is 21.8 Å². The maximum Gasteiger partial charge on any atom is 0.242 e. The van der Waals surface area contributed by atoms with Gasteiger partial charge in [0.25, 0.3) is 0 Å². The van der Waals surface area contributed by atoms with Crippen LogP contribution in [0.4, 0.5) is 0 Å². The van der Waals surface area contributed by atoms with Gasteiger partial charge < -0.3 is 9.88 Å². The molecule has 0 saturated heterocycles. The first-order chi connectivity index (χ1) is 9.94. The highest BCUT2D eigenvalue weighted by Gasteiger charge is 2.28. The first kappa shape index (κ1) is 16.9. The van der Waals surface area contributed by atoms with E-state index < -0.39 is 10.0 Å². The van der Waals surface area contributed by atoms with Crippen LogP contribution < -0.4 is 10.0 Å². The molecule has 0 radical (unpaired) electrons. The average Bonchev–Trinajstić information content (AvgIpc) is 3.16. The second-order valence-corrected chi connectivity index (χ2v) is 8.48. The molecule has 1 aromatic rings. The number of hydrogen-bond acceptors (Lipinski definition) is 4. The minimum Gasteiger partial charge on any atom is -0.346 e. The summed E-state index contributed by atoms with van der Waals surface area (Å²) in [6.07, 6.45) is 6.04. The number of thioether (sulfide) groups is 1. The molecule has 0 aliphatic heterocycles. The summed E-state index contributed by atoms with van der Waals surface area (Å²) in [6.45, 7) is 5.35. The lowest BCUT2D eigenvalue weighted by atomic mass is 10.3. The van der Waals surface area contributed by atoms with Gasteiger partial charge in [-0.25, -0.2) is 13.1 Å². The highest BCUT2D eigenvalue weighted by Crippen LogP contribution is 2.37. The Kier molecular flexibility index (Phi) is 5.76. The predicted molar refractivity (Wildman–Crippen MR) is 88.2 cm³/mol. The van der Waals surface area contributed by atoms with Gasteiger partial charge >= 0.3 is 0 Å². The molecule has 1 heterocycles. The fraction of sp³-hybridized carbons (Fsp3) is 0.714. The van der Waals surface area contributed by atoms with Crippen molar-refractivity contribution in [1.82, 2.24) is 14.6 Å². The molecule has 1 aliphatic carbocycles. The number of aromatic nitrogens is 1. The Morgan fingerprint density at radius 3 is 2.71 bits per heavy atom. The fourth-order valence-electron chi connectivity index (χ4n) is 2.15. The van der Waals surface area contributed by atoms with Crippen LogP contribution in [0.25, 0.3) is 0 Å². The number of nitrogens with zero attached hydrogens (tertiary/aromatic N) is 1. The van der Waals surface area contributed by atoms with Crippen molar-refractivity contribution in [3.05, 3.63) is 18.0 Å². The molecule has 2 N–H and O–H groups in total. The van der Waals surface area contributed by atoms with Gasteiger partial charge in [-0.15, -0.1) is 0 Å². The topological polar surface area (TPSA) is 63.1 Å². The molecule has 1 fully saturated rings. The molecule has 7 heteroatoms. The fourth-order valence-corrected chi connectivity index (χ4v) is 3.66. The number of sulfonamides is 1. The van der Waals surface area contributed by atoms with E-state index in [0.29, 0.717) is 30.1 Å². The summed E-state index contributed by atoms with van der Waals surface area (Å²) < 4.78 is 29.4. The molecule has 0 spiro atoms. The van der Waals surface area contributed by atoms with Crippen molar-refractivity contribution in [2.75, 3.05) is 18.6 Å². The summed E-state index contributed by atoms with van der Waals surface area (Å²) in [4.78, 5) is 0.385. The van der Waals surface area contributed by atoms with Gasteiger partial charge in [-0.3, -0.25) is 0 Å². The van der Waals surface area contributed by atoms with E-state index in [1.807, 2.05) is 6.26 Å². The first-order valence-electron chi connectivity index (χ1n) is 7.37. The van der Waals surface area contributed by atoms with Crippen LogP contribution >= 0.6 is 11.8 Å². The zero-order chi connectivity index (χ0) is 15.5. The highest BCUT2D eigenvalue weighted by atomic mass is 32.2. The standard InChI is InChI=1S/C14H25N3O2S2/c1-11(2)15-9-13-8-14(10-17(13)12-4-5-12)21(18,19)16-6-7-20-3/h8,10-12,15-16H,4-7,9H2,1-3H3. The molecule has 0 amide bonds. The van der Waals surface area contributed by atoms with Gasteiger partial charge in [-0.2, -0.15) is 11.8 Å². The Bertz CT molecular complexity index is 563. The van der Waals surface area contributed by atoms with E-state index in [4.69, 9.17) is 0 Å². The quantitative estimate of drug-likeness (QED) is 0.679. The normalized spacial score (nSPS) is 15.8. The molecule has 0 bridgehead atoms. The first-order valence-corrected chi connectivity index (χ1v) is 10.2. The van der Waals surface area contributed by atoms with E-state index in [0.717, 1.165) is 24.3 Å². The Balaban J connectivity index is 2.14. The minimum absolute atomic E-state index is 0.382. The predicted octanol–water partition coefficient (Wildman–Crippen LogP) is 1.96. The molecule has 21 heavy (non-hydrogen) atoms. The van der Waals surface area contributed by atoms with Gasteiger partial charge in [0.1, 0.15) is 0 Å². The smallest absolute Gasteiger partial charge is 0.242 e. The van der Waals surface area contributed by atoms with Crippen LogP contribution in [0, 0.1) is 0 Å². The monoisotopic (exact) mass is 331 g/mol. The molecule has 2 rings (SSSR count). The van der Waals surface area contributed by atoms with Crippen molar-refractivity contribution in [2.45, 2.75) is 50.2 Å². The van der Waals surface area contributed by atoms with Crippen LogP contribution in [0.15, 0.2) is 17.2 Å². The van der Waals surface area contributed by atoms with Crippen LogP contribution in [0.3, 0.4) is 0 Å². The van der Waals surface area contributed by atoms with Crippen molar-refractivity contribution in [3.8, 4) is 0 Å². The lowest BCUT2D eigenvalue weighted by Gasteiger charge is -2.10. The molecule has 1 saturated carbocycles. The van der Waals surface area contributed by atoms with Gasteiger partial charge in [-0.05, 0) is 25.2 Å². The number of hydrogen-bond donors (Lipinski definition) is 2. The maximum atomic E-state index is 12.3. The van der Waals surface area contributed by atoms with Gasteiger partial charge in [0, 0.05) is 42.8 Å². The Labute approximate surface area is 131 Å². The molecule has 0 atom stereocenters. The SMILES string of the molecule is CSCCNS(=O)(=O)c1cc(CNC(C)C)n(C2CC2)c1. The summed E-state index contributed by atoms with van der Waals surface area (Å²) in [5.41, 5.74) is 1.05. The van der Waals surface area contributed by atoms with E-state index >= 15 is 0 Å². The summed E-state index contributed by atoms with van der Waals surface area (Å²) in [6, 6.07) is 2.66. The van der Waals surface area contributed by atoms with Crippen molar-refractivity contribution in [2.24, 2.45) is 0 Å². The summed E-state index contributed by atoms with van der Waals surface area (Å²) in [5.74, 6) is 0.782. The Morgan fingerprint density at radius 1 is 1.43 bits per heavy atom. The minimum atomic E-state index is -3.39. The molecular formula is C14H25N3O2S2. The number of nitrogens with one attached hydrogen (secondary N) is 2. The van der Waals surface area contributed by atoms with Gasteiger partial charge in [-0.1, -0.05) is 13.8 Å². The van der Waals surface area contributed by atoms with E-state index in [1.54, 1.807) is 24.0 Å². The summed E-state index contributed by atoms with van der Waals surface area (Å²) in [5, 5.41) is 3.36. The maximum absolute atomic E-state index is 12.3. The molecular weight excluding hydrogens is 306 g/mol. The molecule has 1 aliphatic rings. The van der Waals surface area contributed by atoms with Crippen molar-refractivity contribution < 1.29 is 8.42 Å². The highest BCUT2D eigenvalue weighted by molar-refractivity contribution is 7.98. The van der Waals surface area contributed by atoms with E-state index in [2.05, 4.69) is 28.5 Å². The summed E-state index contributed by atoms with van der Waals surface area (Å²) in [7, 11) is -3.39. The molecule has 120 valence electrons. The van der Waals surface area contributed by atoms with Crippen LogP contribution in [-0.2, 0) is 16.6 Å². The molecule has 5 nitrogen and oxygen atoms in total. The zero-order valence-electron chi connectivity index (χ0n) is 12.9. The van der Waals surface area contributed by atoms with Crippen molar-refractivity contribution in [3.63, 3.8) is 0 Å². The molecule has 0 aromatic carbocycles. The largest absolute Gasteiger partial charge is 0.346 e. The molecule has 1 aromatic heterocycles. The van der Waals surface area contributed by atoms with Gasteiger partial charge in [0.15, 0.2) is 0 Å². The third-order valence-corrected chi connectivity index (χ3v) is 5.49. The molecule has 0 unspecified atom stereocenters. The zero-order valence-corrected chi connectivity index (χ0v) is 14.6. The van der Waals surface area contributed by atoms with Crippen LogP contribution in [0.5, 0.6) is 0 Å². The third-order valence-electron chi connectivity index (χ3n) is 3.45. The van der Waals surface area contributed by atoms with Crippen LogP contribution in [0.1, 0.15) is 38.4 Å². The Morgan fingerprint density at radius 2 is 2.14 bits per heavy atom. The lowest BCUT2D eigenvalue weighted by molar-refractivity contribution is 0.558. The number of rotatable bonds is 9. The van der Waals surface area contributed by atoms with Gasteiger partial charge in [0.2, 0.25) is 10.0 Å². The average molecular weight is 332 g/mol. The third kappa shape index (κ3) is 4.74.